The first kappa shape index (κ1) is 8.29. The minimum atomic E-state index is -0.0856. The van der Waals surface area contributed by atoms with Crippen LogP contribution in [0.3, 0.4) is 0 Å². The summed E-state index contributed by atoms with van der Waals surface area (Å²) < 4.78 is 6.86. The van der Waals surface area contributed by atoms with Gasteiger partial charge in [0.1, 0.15) is 0 Å². The summed E-state index contributed by atoms with van der Waals surface area (Å²) in [5.74, 6) is 0. The van der Waals surface area contributed by atoms with E-state index in [9.17, 15) is 0 Å². The normalized spacial score (nSPS) is 23.3. The van der Waals surface area contributed by atoms with Crippen molar-refractivity contribution in [2.75, 3.05) is 6.61 Å². The lowest BCUT2D eigenvalue weighted by Gasteiger charge is -2.08. The molecule has 2 heterocycles. The van der Waals surface area contributed by atoms with Gasteiger partial charge in [-0.3, -0.25) is 0 Å². The van der Waals surface area contributed by atoms with Gasteiger partial charge in [-0.05, 0) is 36.0 Å². The van der Waals surface area contributed by atoms with E-state index >= 15 is 0 Å². The highest BCUT2D eigenvalue weighted by atomic mass is 35.5. The second-order valence-electron chi connectivity index (χ2n) is 2.56. The molecule has 0 radical (unpaired) electrons. The molecule has 0 bridgehead atoms. The van der Waals surface area contributed by atoms with Gasteiger partial charge in [0.05, 0.1) is 0 Å². The molecule has 0 aliphatic carbocycles. The molecule has 4 nitrogen and oxygen atoms in total. The molecule has 0 spiro atoms. The van der Waals surface area contributed by atoms with Crippen molar-refractivity contribution in [3.05, 3.63) is 10.6 Å². The third kappa shape index (κ3) is 1.42. The molecule has 12 heavy (non-hydrogen) atoms. The van der Waals surface area contributed by atoms with Crippen molar-refractivity contribution in [1.29, 1.82) is 0 Å². The summed E-state index contributed by atoms with van der Waals surface area (Å²) in [6.45, 7) is 0.748. The molecule has 1 atom stereocenters. The predicted molar refractivity (Wildman–Crippen MR) is 44.3 cm³/mol. The van der Waals surface area contributed by atoms with Crippen LogP contribution < -0.4 is 0 Å². The lowest BCUT2D eigenvalue weighted by Crippen LogP contribution is -2.08. The third-order valence-electron chi connectivity index (χ3n) is 1.74. The fourth-order valence-electron chi connectivity index (χ4n) is 1.22. The summed E-state index contributed by atoms with van der Waals surface area (Å²) in [5, 5.41) is 4.35. The van der Waals surface area contributed by atoms with E-state index in [1.807, 2.05) is 0 Å². The first-order valence-electron chi connectivity index (χ1n) is 3.66. The van der Waals surface area contributed by atoms with E-state index in [1.54, 1.807) is 0 Å². The lowest BCUT2D eigenvalue weighted by molar-refractivity contribution is 0.0467. The van der Waals surface area contributed by atoms with Crippen molar-refractivity contribution in [3.8, 4) is 0 Å². The van der Waals surface area contributed by atoms with Gasteiger partial charge < -0.3 is 4.74 Å². The maximum absolute atomic E-state index is 5.75. The highest BCUT2D eigenvalue weighted by molar-refractivity contribution is 6.31. The van der Waals surface area contributed by atoms with E-state index in [4.69, 9.17) is 27.9 Å². The topological polar surface area (TPSA) is 39.9 Å². The average molecular weight is 208 g/mol. The second-order valence-corrected chi connectivity index (χ2v) is 3.24. The first-order chi connectivity index (χ1) is 5.77. The molecule has 66 valence electrons. The zero-order chi connectivity index (χ0) is 8.55. The van der Waals surface area contributed by atoms with Crippen molar-refractivity contribution in [3.63, 3.8) is 0 Å². The second kappa shape index (κ2) is 3.20. The van der Waals surface area contributed by atoms with Gasteiger partial charge in [-0.2, -0.15) is 4.98 Å². The number of nitrogens with zero attached hydrogens (tertiary/aromatic N) is 3. The van der Waals surface area contributed by atoms with Gasteiger partial charge in [-0.25, -0.2) is 4.68 Å². The summed E-state index contributed by atoms with van der Waals surface area (Å²) in [5.41, 5.74) is 0. The van der Waals surface area contributed by atoms with Gasteiger partial charge in [0.15, 0.2) is 6.23 Å². The monoisotopic (exact) mass is 207 g/mol. The van der Waals surface area contributed by atoms with Crippen LogP contribution in [0.15, 0.2) is 0 Å². The van der Waals surface area contributed by atoms with Crippen molar-refractivity contribution >= 4 is 23.2 Å². The first-order valence-corrected chi connectivity index (χ1v) is 4.42. The summed E-state index contributed by atoms with van der Waals surface area (Å²) in [4.78, 5) is 3.76. The third-order valence-corrected chi connectivity index (χ3v) is 2.16. The van der Waals surface area contributed by atoms with Crippen LogP contribution in [0.2, 0.25) is 10.6 Å². The standard InChI is InChI=1S/C6H7Cl2N3O/c7-5-9-6(8)11(10-5)4-2-1-3-12-4/h4H,1-3H2/t4-/m0/s1. The molecule has 1 aliphatic rings. The Kier molecular flexibility index (Phi) is 2.21. The average Bonchev–Trinajstić information content (AvgIpc) is 2.58. The summed E-state index contributed by atoms with van der Waals surface area (Å²) >= 11 is 11.3. The van der Waals surface area contributed by atoms with Crippen LogP contribution in [-0.2, 0) is 4.74 Å². The molecule has 0 unspecified atom stereocenters. The molecule has 0 saturated carbocycles. The van der Waals surface area contributed by atoms with Crippen LogP contribution in [0, 0.1) is 0 Å². The van der Waals surface area contributed by atoms with E-state index in [2.05, 4.69) is 10.1 Å². The molecule has 1 saturated heterocycles. The summed E-state index contributed by atoms with van der Waals surface area (Å²) in [6.07, 6.45) is 1.86. The maximum atomic E-state index is 5.75. The molecule has 0 amide bonds. The number of aromatic nitrogens is 3. The van der Waals surface area contributed by atoms with Crippen LogP contribution in [0.1, 0.15) is 19.1 Å². The Morgan fingerprint density at radius 3 is 2.83 bits per heavy atom. The van der Waals surface area contributed by atoms with Crippen LogP contribution in [0.4, 0.5) is 0 Å². The van der Waals surface area contributed by atoms with Crippen molar-refractivity contribution in [1.82, 2.24) is 14.8 Å². The van der Waals surface area contributed by atoms with Gasteiger partial charge in [0, 0.05) is 6.61 Å². The van der Waals surface area contributed by atoms with Crippen molar-refractivity contribution in [2.24, 2.45) is 0 Å². The molecule has 0 N–H and O–H groups in total. The van der Waals surface area contributed by atoms with E-state index in [-0.39, 0.29) is 16.8 Å². The van der Waals surface area contributed by atoms with Crippen molar-refractivity contribution < 1.29 is 4.74 Å². The predicted octanol–water partition coefficient (Wildman–Crippen LogP) is 1.89. The molecule has 1 aromatic heterocycles. The van der Waals surface area contributed by atoms with Gasteiger partial charge in [0.2, 0.25) is 10.6 Å². The summed E-state index contributed by atoms with van der Waals surface area (Å²) in [6, 6.07) is 0. The van der Waals surface area contributed by atoms with E-state index < -0.39 is 0 Å². The Hall–Kier alpha value is -0.320. The Morgan fingerprint density at radius 2 is 2.33 bits per heavy atom. The molecule has 1 aromatic rings. The minimum Gasteiger partial charge on any atom is -0.356 e. The Balaban J connectivity index is 2.25. The van der Waals surface area contributed by atoms with Crippen LogP contribution in [0.5, 0.6) is 0 Å². The van der Waals surface area contributed by atoms with Crippen LogP contribution in [0.25, 0.3) is 0 Å². The van der Waals surface area contributed by atoms with E-state index in [1.165, 1.54) is 4.68 Å². The fourth-order valence-corrected chi connectivity index (χ4v) is 1.65. The molecule has 6 heteroatoms. The molecular weight excluding hydrogens is 201 g/mol. The quantitative estimate of drug-likeness (QED) is 0.707. The van der Waals surface area contributed by atoms with Gasteiger partial charge in [-0.1, -0.05) is 0 Å². The summed E-state index contributed by atoms with van der Waals surface area (Å²) in [7, 11) is 0. The number of halogens is 2. The largest absolute Gasteiger partial charge is 0.356 e. The molecule has 2 rings (SSSR count). The highest BCUT2D eigenvalue weighted by Gasteiger charge is 2.21. The minimum absolute atomic E-state index is 0.0856. The number of rotatable bonds is 1. The fraction of sp³-hybridized carbons (Fsp3) is 0.667. The highest BCUT2D eigenvalue weighted by Crippen LogP contribution is 2.25. The van der Waals surface area contributed by atoms with Crippen LogP contribution >= 0.6 is 23.2 Å². The smallest absolute Gasteiger partial charge is 0.243 e. The van der Waals surface area contributed by atoms with Gasteiger partial charge >= 0.3 is 0 Å². The molecular formula is C6H7Cl2N3O. The van der Waals surface area contributed by atoms with Gasteiger partial charge in [-0.15, -0.1) is 5.10 Å². The van der Waals surface area contributed by atoms with E-state index in [0.29, 0.717) is 0 Å². The number of ether oxygens (including phenoxy) is 1. The Morgan fingerprint density at radius 1 is 1.50 bits per heavy atom. The van der Waals surface area contributed by atoms with E-state index in [0.717, 1.165) is 19.4 Å². The molecule has 1 aliphatic heterocycles. The zero-order valence-electron chi connectivity index (χ0n) is 6.20. The maximum Gasteiger partial charge on any atom is 0.243 e. The van der Waals surface area contributed by atoms with Gasteiger partial charge in [0.25, 0.3) is 0 Å². The molecule has 0 aromatic carbocycles. The van der Waals surface area contributed by atoms with Crippen LogP contribution in [-0.4, -0.2) is 21.4 Å². The Labute approximate surface area is 79.4 Å². The molecule has 1 fully saturated rings. The Bertz CT molecular complexity index is 282. The number of hydrogen-bond donors (Lipinski definition) is 0. The lowest BCUT2D eigenvalue weighted by atomic mass is 10.3. The SMILES string of the molecule is Clc1nc(Cl)n([C@@H]2CCCO2)n1. The zero-order valence-corrected chi connectivity index (χ0v) is 7.72. The number of hydrogen-bond acceptors (Lipinski definition) is 3. The van der Waals surface area contributed by atoms with Crippen molar-refractivity contribution in [2.45, 2.75) is 19.1 Å².